The molecule has 12 aromatic rings. The Morgan fingerprint density at radius 1 is 0.341 bits per heavy atom. The Morgan fingerprint density at radius 2 is 0.650 bits per heavy atom. The molecule has 0 atom stereocenters. The number of fused-ring (bicyclic) bond motifs is 12. The largest absolute Gasteiger partial charge is 0.508 e. The number of halogens is 8. The molecule has 0 saturated heterocycles. The van der Waals surface area contributed by atoms with Crippen molar-refractivity contribution in [1.29, 1.82) is 0 Å². The number of carbonyl (C=O) groups is 4. The zero-order valence-corrected chi connectivity index (χ0v) is 71.0. The average molecular weight is 1790 g/mol. The van der Waals surface area contributed by atoms with Gasteiger partial charge in [0.2, 0.25) is 23.5 Å². The maximum absolute atomic E-state index is 14.0. The molecule has 20 nitrogen and oxygen atoms in total. The summed E-state index contributed by atoms with van der Waals surface area (Å²) in [6, 6.07) is 41.4. The molecule has 634 valence electrons. The topological polar surface area (TPSA) is 300 Å². The number of anilines is 4. The third-order valence-electron chi connectivity index (χ3n) is 20.8. The molecule has 4 aliphatic rings. The Hall–Kier alpha value is -12.6. The number of amides is 4. The number of nitrogens with zero attached hydrogens (tertiary/aromatic N) is 8. The van der Waals surface area contributed by atoms with Crippen molar-refractivity contribution in [3.8, 4) is 68.0 Å². The Balaban J connectivity index is 0.000000141. The van der Waals surface area contributed by atoms with Crippen molar-refractivity contribution < 1.29 is 70.3 Å². The highest BCUT2D eigenvalue weighted by molar-refractivity contribution is 14.1. The molecule has 28 heteroatoms. The number of aryl methyl sites for hydroxylation is 8. The zero-order chi connectivity index (χ0) is 87.8. The lowest BCUT2D eigenvalue weighted by Crippen LogP contribution is -2.22. The van der Waals surface area contributed by atoms with Crippen molar-refractivity contribution in [3.05, 3.63) is 280 Å². The van der Waals surface area contributed by atoms with Gasteiger partial charge in [-0.05, 0) is 266 Å². The van der Waals surface area contributed by atoms with Gasteiger partial charge in [0.1, 0.15) is 23.0 Å². The summed E-state index contributed by atoms with van der Waals surface area (Å²) in [5, 5.41) is 50.3. The summed E-state index contributed by atoms with van der Waals surface area (Å²) < 4.78 is 96.0. The van der Waals surface area contributed by atoms with Crippen LogP contribution in [0.15, 0.2) is 146 Å². The fourth-order valence-electron chi connectivity index (χ4n) is 15.1. The molecule has 0 bridgehead atoms. The number of aromatic nitrogens is 8. The molecule has 123 heavy (non-hydrogen) atoms. The molecule has 0 radical (unpaired) electrons. The highest BCUT2D eigenvalue weighted by Crippen LogP contribution is 2.41. The van der Waals surface area contributed by atoms with Crippen LogP contribution in [0, 0.1) is 68.0 Å². The Labute approximate surface area is 720 Å². The van der Waals surface area contributed by atoms with Crippen LogP contribution in [0.3, 0.4) is 0 Å². The molecule has 16 rings (SSSR count). The molecule has 4 aromatic heterocycles. The predicted molar refractivity (Wildman–Crippen MR) is 463 cm³/mol. The number of phenolic OH excluding ortho intramolecular Hbond substituents is 4. The number of hydrogen-bond acceptors (Lipinski definition) is 16. The molecule has 0 spiro atoms. The van der Waals surface area contributed by atoms with E-state index >= 15 is 0 Å². The normalized spacial score (nSPS) is 12.4. The molecule has 4 amide bonds. The second-order valence-corrected chi connectivity index (χ2v) is 33.7. The minimum Gasteiger partial charge on any atom is -0.508 e. The Morgan fingerprint density at radius 3 is 0.984 bits per heavy atom. The van der Waals surface area contributed by atoms with E-state index in [1.165, 1.54) is 12.1 Å². The number of phenols is 4. The van der Waals surface area contributed by atoms with Crippen molar-refractivity contribution in [1.82, 2.24) is 39.9 Å². The average Bonchev–Trinajstić information content (AvgIpc) is 0.773. The predicted octanol–water partition coefficient (Wildman–Crippen LogP) is 19.0. The second kappa shape index (κ2) is 38.6. The van der Waals surface area contributed by atoms with Crippen molar-refractivity contribution in [2.45, 2.75) is 152 Å². The van der Waals surface area contributed by atoms with E-state index in [9.17, 15) is 70.3 Å². The van der Waals surface area contributed by atoms with Crippen LogP contribution in [0.5, 0.6) is 23.0 Å². The van der Waals surface area contributed by atoms with Gasteiger partial charge in [-0.25, -0.2) is 70.6 Å². The van der Waals surface area contributed by atoms with Gasteiger partial charge in [-0.1, -0.05) is 91.8 Å². The van der Waals surface area contributed by atoms with Gasteiger partial charge in [0.05, 0.1) is 87.6 Å². The van der Waals surface area contributed by atoms with Crippen molar-refractivity contribution >= 4 is 69.5 Å². The Bertz CT molecular complexity index is 6030. The second-order valence-electron chi connectivity index (χ2n) is 32.4. The third-order valence-corrected chi connectivity index (χ3v) is 21.5. The summed E-state index contributed by atoms with van der Waals surface area (Å²) in [6.07, 6.45) is 7.08. The zero-order valence-electron chi connectivity index (χ0n) is 68.8. The van der Waals surface area contributed by atoms with Crippen LogP contribution in [-0.4, -0.2) is 83.9 Å². The van der Waals surface area contributed by atoms with Crippen LogP contribution >= 0.6 is 22.6 Å². The summed E-state index contributed by atoms with van der Waals surface area (Å²) >= 11 is 2.25. The molecule has 8 aromatic carbocycles. The first kappa shape index (κ1) is 88.2. The molecule has 8 N–H and O–H groups in total. The molecule has 0 aliphatic heterocycles. The maximum atomic E-state index is 14.0. The first-order valence-electron chi connectivity index (χ1n) is 40.6. The van der Waals surface area contributed by atoms with Crippen molar-refractivity contribution in [2.24, 2.45) is 23.7 Å². The smallest absolute Gasteiger partial charge is 0.256 e. The van der Waals surface area contributed by atoms with Crippen LogP contribution in [0.25, 0.3) is 45.0 Å². The van der Waals surface area contributed by atoms with Crippen molar-refractivity contribution in [3.63, 3.8) is 0 Å². The minimum absolute atomic E-state index is 0.0727. The molecule has 4 aliphatic carbocycles. The fourth-order valence-corrected chi connectivity index (χ4v) is 15.4. The summed E-state index contributed by atoms with van der Waals surface area (Å²) in [5.41, 5.74) is 17.5. The van der Waals surface area contributed by atoms with Gasteiger partial charge in [0.25, 0.3) is 5.91 Å². The number of nitrogens with one attached hydrogen (secondary N) is 4. The first-order valence-corrected chi connectivity index (χ1v) is 41.7. The van der Waals surface area contributed by atoms with Crippen LogP contribution in [0.1, 0.15) is 150 Å². The van der Waals surface area contributed by atoms with E-state index < -0.39 is 58.6 Å². The van der Waals surface area contributed by atoms with E-state index in [1.54, 1.807) is 60.7 Å². The monoisotopic (exact) mass is 1790 g/mol. The van der Waals surface area contributed by atoms with Gasteiger partial charge < -0.3 is 41.7 Å². The van der Waals surface area contributed by atoms with E-state index in [-0.39, 0.29) is 64.8 Å². The summed E-state index contributed by atoms with van der Waals surface area (Å²) in [4.78, 5) is 88.7. The fraction of sp³-hybridized carbons (Fsp3) is 0.284. The minimum atomic E-state index is -2.28. The molecular weight excluding hydrogens is 1700 g/mol. The SMILES string of the molecule is CC(C)Cc1nc2c(nc1NC(=O)Cc1c(F)c(F)c(F)c(F)c1F)CCc1cc(O)ccc1-2.CC(C)Cc1nc2c(nc1NC(=O)Cc1ccc(F)c(F)c1)CCc1cc(O)ccc1-2.CC(C)Cc1nc2c(nc1NC(=O)Cc1ccc(I)cc1)CCc1cc(O)ccc1-2.CC(C)Cc1nc2c(nc1NC(=O)c1ccccc1)CCc1cc(O)ccc1-2. The number of hydrogen-bond donors (Lipinski definition) is 8. The van der Waals surface area contributed by atoms with Crippen molar-refractivity contribution in [2.75, 3.05) is 21.3 Å². The van der Waals surface area contributed by atoms with Crippen LogP contribution in [0.4, 0.5) is 54.0 Å². The van der Waals surface area contributed by atoms with Gasteiger partial charge in [0, 0.05) is 37.0 Å². The number of carbonyl (C=O) groups excluding carboxylic acids is 4. The first-order chi connectivity index (χ1) is 58.8. The molecule has 0 fully saturated rings. The quantitative estimate of drug-likeness (QED) is 0.0161. The highest BCUT2D eigenvalue weighted by Gasteiger charge is 2.32. The lowest BCUT2D eigenvalue weighted by Gasteiger charge is -2.21. The van der Waals surface area contributed by atoms with E-state index in [1.807, 2.05) is 74.5 Å². The van der Waals surface area contributed by atoms with E-state index in [4.69, 9.17) is 29.9 Å². The van der Waals surface area contributed by atoms with Gasteiger partial charge in [0.15, 0.2) is 58.2 Å². The van der Waals surface area contributed by atoms with E-state index in [0.29, 0.717) is 102 Å². The number of aromatic hydroxyl groups is 4. The lowest BCUT2D eigenvalue weighted by atomic mass is 9.91. The van der Waals surface area contributed by atoms with E-state index in [2.05, 4.69) is 95.4 Å². The van der Waals surface area contributed by atoms with Gasteiger partial charge in [-0.3, -0.25) is 19.2 Å². The van der Waals surface area contributed by atoms with Crippen LogP contribution in [-0.2, 0) is 111 Å². The summed E-state index contributed by atoms with van der Waals surface area (Å²) in [7, 11) is 0. The summed E-state index contributed by atoms with van der Waals surface area (Å²) in [6.45, 7) is 16.5. The number of rotatable bonds is 19. The Kier molecular flexibility index (Phi) is 27.7. The molecule has 0 unspecified atom stereocenters. The number of benzene rings is 8. The molecule has 4 heterocycles. The lowest BCUT2D eigenvalue weighted by molar-refractivity contribution is -0.116. The summed E-state index contributed by atoms with van der Waals surface area (Å²) in [5.74, 6) is -10.5. The van der Waals surface area contributed by atoms with Crippen LogP contribution < -0.4 is 21.3 Å². The molecule has 0 saturated carbocycles. The standard InChI is InChI=1S/C24H20F5N3O2.C24H23F2N3O2.C24H24IN3O2.C23H23N3O2/c1-10(2)7-16-24(31-15-6-3-11-8-12(33)4-5-13(11)23(15)30-16)32-17(34)9-14-18(25)20(27)22(29)21(28)19(14)26;1-13(2)9-21-24(29-22(31)11-14-3-7-18(25)19(26)10-14)28-20-8-4-15-12-16(30)5-6-17(15)23(20)27-21;1-14(2)11-21-24(28-22(30)12-15-3-6-17(25)7-4-15)27-20-10-5-16-13-18(29)8-9-19(16)23(20)26-21;1-14(2)12-20-22(26-23(28)15-6-4-3-5-7-15)25-19-11-8-16-13-17(27)9-10-18(16)21(19)24-20/h4-5,8,10,33H,3,6-7,9H2,1-2H3,(H,31,32,34);3,5-7,10,12-13,30H,4,8-9,11H2,1-2H3,(H,28,29,31);3-4,6-9,13-14,29H,5,10-12H2,1-2H3,(H,27,28,30);3-7,9-10,13-14,27H,8,11-12H2,1-2H3,(H,25,26,28). The van der Waals surface area contributed by atoms with E-state index in [0.717, 1.165) is 156 Å². The van der Waals surface area contributed by atoms with Crippen LogP contribution in [0.2, 0.25) is 0 Å². The third kappa shape index (κ3) is 21.5. The van der Waals surface area contributed by atoms with Gasteiger partial charge in [-0.2, -0.15) is 0 Å². The van der Waals surface area contributed by atoms with Gasteiger partial charge >= 0.3 is 0 Å². The molecular formula is C95H90F7IN12O8. The highest BCUT2D eigenvalue weighted by atomic mass is 127. The maximum Gasteiger partial charge on any atom is 0.256 e. The van der Waals surface area contributed by atoms with Gasteiger partial charge in [-0.15, -0.1) is 0 Å².